The van der Waals surface area contributed by atoms with E-state index in [4.69, 9.17) is 4.74 Å². The summed E-state index contributed by atoms with van der Waals surface area (Å²) in [5.41, 5.74) is 5.67. The third-order valence-electron chi connectivity index (χ3n) is 4.22. The Balaban J connectivity index is 1.72. The summed E-state index contributed by atoms with van der Waals surface area (Å²) in [6.07, 6.45) is 1.20. The molecule has 0 aromatic heterocycles. The summed E-state index contributed by atoms with van der Waals surface area (Å²) in [7, 11) is 1.73. The fourth-order valence-corrected chi connectivity index (χ4v) is 3.13. The van der Waals surface area contributed by atoms with Gasteiger partial charge in [-0.1, -0.05) is 24.3 Å². The Hall–Kier alpha value is -1.80. The fraction of sp³-hybridized carbons (Fsp3) is 0.333. The average molecular weight is 268 g/mol. The van der Waals surface area contributed by atoms with E-state index >= 15 is 0 Å². The van der Waals surface area contributed by atoms with Gasteiger partial charge in [0, 0.05) is 17.5 Å². The lowest BCUT2D eigenvalue weighted by molar-refractivity contribution is -0.929. The molecule has 2 aromatic carbocycles. The monoisotopic (exact) mass is 268 g/mol. The highest BCUT2D eigenvalue weighted by molar-refractivity contribution is 5.36. The molecule has 1 unspecified atom stereocenters. The molecule has 0 fully saturated rings. The van der Waals surface area contributed by atoms with Crippen LogP contribution in [0.1, 0.15) is 22.3 Å². The SMILES string of the molecule is COc1ccc(C[NH+]2CCc3ccccc3C2)cc1C. The molecule has 0 saturated carbocycles. The zero-order valence-electron chi connectivity index (χ0n) is 12.3. The molecule has 3 rings (SSSR count). The first-order valence-electron chi connectivity index (χ1n) is 7.30. The van der Waals surface area contributed by atoms with Crippen molar-refractivity contribution in [1.29, 1.82) is 0 Å². The van der Waals surface area contributed by atoms with Crippen LogP contribution in [-0.4, -0.2) is 13.7 Å². The predicted octanol–water partition coefficient (Wildman–Crippen LogP) is 2.14. The van der Waals surface area contributed by atoms with Crippen molar-refractivity contribution in [2.75, 3.05) is 13.7 Å². The van der Waals surface area contributed by atoms with Gasteiger partial charge in [-0.25, -0.2) is 0 Å². The van der Waals surface area contributed by atoms with Gasteiger partial charge in [0.15, 0.2) is 0 Å². The van der Waals surface area contributed by atoms with Crippen molar-refractivity contribution in [2.24, 2.45) is 0 Å². The Morgan fingerprint density at radius 3 is 2.65 bits per heavy atom. The molecule has 1 N–H and O–H groups in total. The number of nitrogens with one attached hydrogen (secondary N) is 1. The van der Waals surface area contributed by atoms with Gasteiger partial charge in [-0.05, 0) is 36.2 Å². The van der Waals surface area contributed by atoms with Crippen LogP contribution in [0.15, 0.2) is 42.5 Å². The highest BCUT2D eigenvalue weighted by atomic mass is 16.5. The summed E-state index contributed by atoms with van der Waals surface area (Å²) in [6.45, 7) is 5.58. The van der Waals surface area contributed by atoms with Crippen LogP contribution in [0.25, 0.3) is 0 Å². The number of methoxy groups -OCH3 is 1. The molecule has 2 heteroatoms. The highest BCUT2D eigenvalue weighted by Crippen LogP contribution is 2.18. The van der Waals surface area contributed by atoms with Crippen LogP contribution in [-0.2, 0) is 19.5 Å². The van der Waals surface area contributed by atoms with Crippen molar-refractivity contribution in [3.8, 4) is 5.75 Å². The maximum Gasteiger partial charge on any atom is 0.121 e. The molecule has 0 amide bonds. The Bertz CT molecular complexity index is 606. The minimum atomic E-state index is 0.979. The van der Waals surface area contributed by atoms with Gasteiger partial charge in [-0.2, -0.15) is 0 Å². The van der Waals surface area contributed by atoms with Gasteiger partial charge in [-0.3, -0.25) is 0 Å². The zero-order chi connectivity index (χ0) is 13.9. The second-order valence-electron chi connectivity index (χ2n) is 5.68. The summed E-state index contributed by atoms with van der Waals surface area (Å²) >= 11 is 0. The molecule has 104 valence electrons. The molecule has 1 aliphatic heterocycles. The van der Waals surface area contributed by atoms with Gasteiger partial charge in [0.1, 0.15) is 18.8 Å². The van der Waals surface area contributed by atoms with E-state index in [2.05, 4.69) is 49.4 Å². The van der Waals surface area contributed by atoms with E-state index in [1.807, 2.05) is 0 Å². The molecule has 0 radical (unpaired) electrons. The minimum absolute atomic E-state index is 0.979. The number of rotatable bonds is 3. The number of hydrogen-bond acceptors (Lipinski definition) is 1. The van der Waals surface area contributed by atoms with Crippen LogP contribution in [0.2, 0.25) is 0 Å². The lowest BCUT2D eigenvalue weighted by Gasteiger charge is -2.26. The third kappa shape index (κ3) is 2.70. The maximum atomic E-state index is 5.33. The normalized spacial score (nSPS) is 17.6. The molecular formula is C18H22NO+. The Morgan fingerprint density at radius 1 is 1.10 bits per heavy atom. The number of aryl methyl sites for hydroxylation is 1. The molecule has 2 nitrogen and oxygen atoms in total. The van der Waals surface area contributed by atoms with Gasteiger partial charge < -0.3 is 9.64 Å². The topological polar surface area (TPSA) is 13.7 Å². The molecule has 1 heterocycles. The smallest absolute Gasteiger partial charge is 0.121 e. The van der Waals surface area contributed by atoms with Gasteiger partial charge in [-0.15, -0.1) is 0 Å². The highest BCUT2D eigenvalue weighted by Gasteiger charge is 2.19. The van der Waals surface area contributed by atoms with Gasteiger partial charge >= 0.3 is 0 Å². The first-order valence-corrected chi connectivity index (χ1v) is 7.30. The molecule has 0 aliphatic carbocycles. The first-order chi connectivity index (χ1) is 9.76. The van der Waals surface area contributed by atoms with Gasteiger partial charge in [0.2, 0.25) is 0 Å². The van der Waals surface area contributed by atoms with Gasteiger partial charge in [0.25, 0.3) is 0 Å². The Kier molecular flexibility index (Phi) is 3.75. The van der Waals surface area contributed by atoms with E-state index in [1.165, 1.54) is 35.2 Å². The molecule has 0 spiro atoms. The van der Waals surface area contributed by atoms with E-state index in [-0.39, 0.29) is 0 Å². The van der Waals surface area contributed by atoms with Crippen LogP contribution in [0, 0.1) is 6.92 Å². The van der Waals surface area contributed by atoms with Crippen LogP contribution in [0.4, 0.5) is 0 Å². The lowest BCUT2D eigenvalue weighted by Crippen LogP contribution is -3.10. The van der Waals surface area contributed by atoms with E-state index in [0.29, 0.717) is 0 Å². The van der Waals surface area contributed by atoms with E-state index in [1.54, 1.807) is 12.0 Å². The molecule has 2 aromatic rings. The van der Waals surface area contributed by atoms with Crippen molar-refractivity contribution >= 4 is 0 Å². The maximum absolute atomic E-state index is 5.33. The summed E-state index contributed by atoms with van der Waals surface area (Å²) in [4.78, 5) is 1.65. The third-order valence-corrected chi connectivity index (χ3v) is 4.22. The first kappa shape index (κ1) is 13.2. The molecular weight excluding hydrogens is 246 g/mol. The van der Waals surface area contributed by atoms with Crippen molar-refractivity contribution in [3.63, 3.8) is 0 Å². The number of benzene rings is 2. The summed E-state index contributed by atoms with van der Waals surface area (Å²) in [6, 6.07) is 15.4. The molecule has 20 heavy (non-hydrogen) atoms. The van der Waals surface area contributed by atoms with Gasteiger partial charge in [0.05, 0.1) is 13.7 Å². The van der Waals surface area contributed by atoms with Crippen LogP contribution in [0.5, 0.6) is 5.75 Å². The van der Waals surface area contributed by atoms with Crippen molar-refractivity contribution < 1.29 is 9.64 Å². The van der Waals surface area contributed by atoms with Crippen molar-refractivity contribution in [1.82, 2.24) is 0 Å². The van der Waals surface area contributed by atoms with Crippen molar-refractivity contribution in [2.45, 2.75) is 26.4 Å². The second kappa shape index (κ2) is 5.68. The predicted molar refractivity (Wildman–Crippen MR) is 81.1 cm³/mol. The number of ether oxygens (including phenoxy) is 1. The van der Waals surface area contributed by atoms with E-state index < -0.39 is 0 Å². The van der Waals surface area contributed by atoms with Crippen LogP contribution >= 0.6 is 0 Å². The van der Waals surface area contributed by atoms with E-state index in [9.17, 15) is 0 Å². The van der Waals surface area contributed by atoms with Crippen molar-refractivity contribution in [3.05, 3.63) is 64.7 Å². The Labute approximate surface area is 121 Å². The molecule has 1 atom stereocenters. The summed E-state index contributed by atoms with van der Waals surface area (Å²) in [5, 5.41) is 0. The fourth-order valence-electron chi connectivity index (χ4n) is 3.13. The number of hydrogen-bond donors (Lipinski definition) is 1. The quantitative estimate of drug-likeness (QED) is 0.900. The summed E-state index contributed by atoms with van der Waals surface area (Å²) in [5.74, 6) is 0.979. The number of quaternary nitrogens is 1. The lowest BCUT2D eigenvalue weighted by atomic mass is 9.99. The number of fused-ring (bicyclic) bond motifs is 1. The molecule has 1 aliphatic rings. The molecule has 0 saturated heterocycles. The van der Waals surface area contributed by atoms with Crippen LogP contribution < -0.4 is 9.64 Å². The average Bonchev–Trinajstić information content (AvgIpc) is 2.47. The minimum Gasteiger partial charge on any atom is -0.496 e. The van der Waals surface area contributed by atoms with E-state index in [0.717, 1.165) is 18.8 Å². The Morgan fingerprint density at radius 2 is 1.90 bits per heavy atom. The van der Waals surface area contributed by atoms with Crippen LogP contribution in [0.3, 0.4) is 0 Å². The second-order valence-corrected chi connectivity index (χ2v) is 5.68. The standard InChI is InChI=1S/C18H21NO/c1-14-11-15(7-8-18(14)20-2)12-19-10-9-16-5-3-4-6-17(16)13-19/h3-8,11H,9-10,12-13H2,1-2H3/p+1. The zero-order valence-corrected chi connectivity index (χ0v) is 12.3. The molecule has 0 bridgehead atoms. The summed E-state index contributed by atoms with van der Waals surface area (Å²) < 4.78 is 5.33. The largest absolute Gasteiger partial charge is 0.496 e.